The second kappa shape index (κ2) is 7.51. The summed E-state index contributed by atoms with van der Waals surface area (Å²) in [4.78, 5) is 12.4. The Kier molecular flexibility index (Phi) is 5.43. The summed E-state index contributed by atoms with van der Waals surface area (Å²) in [6.45, 7) is -0.0894. The van der Waals surface area contributed by atoms with Crippen LogP contribution in [0.3, 0.4) is 0 Å². The maximum absolute atomic E-state index is 12.4. The molecule has 2 rings (SSSR count). The van der Waals surface area contributed by atoms with E-state index in [0.717, 1.165) is 0 Å². The van der Waals surface area contributed by atoms with E-state index in [2.05, 4.69) is 5.32 Å². The van der Waals surface area contributed by atoms with Crippen LogP contribution < -0.4 is 19.5 Å². The minimum atomic E-state index is -0.320. The lowest BCUT2D eigenvalue weighted by Crippen LogP contribution is -2.12. The molecule has 0 saturated carbocycles. The molecular formula is C17H19NO5. The monoisotopic (exact) mass is 317 g/mol. The molecule has 0 spiro atoms. The van der Waals surface area contributed by atoms with Crippen LogP contribution in [0.5, 0.6) is 17.2 Å². The van der Waals surface area contributed by atoms with Crippen LogP contribution in [0.25, 0.3) is 0 Å². The van der Waals surface area contributed by atoms with Crippen LogP contribution >= 0.6 is 0 Å². The van der Waals surface area contributed by atoms with E-state index in [-0.39, 0.29) is 12.5 Å². The van der Waals surface area contributed by atoms with Gasteiger partial charge in [0.15, 0.2) is 11.5 Å². The van der Waals surface area contributed by atoms with E-state index in [1.54, 1.807) is 36.4 Å². The molecule has 0 unspecified atom stereocenters. The fraction of sp³-hybridized carbons (Fsp3) is 0.235. The number of benzene rings is 2. The highest BCUT2D eigenvalue weighted by atomic mass is 16.5. The minimum Gasteiger partial charge on any atom is -0.493 e. The first kappa shape index (κ1) is 16.6. The van der Waals surface area contributed by atoms with Crippen molar-refractivity contribution in [3.05, 3.63) is 47.5 Å². The molecule has 2 N–H and O–H groups in total. The molecule has 0 fully saturated rings. The van der Waals surface area contributed by atoms with E-state index in [0.29, 0.717) is 34.1 Å². The Labute approximate surface area is 134 Å². The molecule has 0 bridgehead atoms. The molecule has 6 nitrogen and oxygen atoms in total. The van der Waals surface area contributed by atoms with Crippen molar-refractivity contribution in [2.75, 3.05) is 26.6 Å². The predicted octanol–water partition coefficient (Wildman–Crippen LogP) is 2.46. The number of rotatable bonds is 6. The fourth-order valence-electron chi connectivity index (χ4n) is 2.16. The lowest BCUT2D eigenvalue weighted by Gasteiger charge is -2.14. The summed E-state index contributed by atoms with van der Waals surface area (Å²) in [6, 6.07) is 10.1. The van der Waals surface area contributed by atoms with Crippen molar-refractivity contribution in [2.45, 2.75) is 6.61 Å². The first-order chi connectivity index (χ1) is 11.1. The molecular weight excluding hydrogens is 298 g/mol. The number of hydrogen-bond acceptors (Lipinski definition) is 5. The Morgan fingerprint density at radius 3 is 2.22 bits per heavy atom. The minimum absolute atomic E-state index is 0.0894. The summed E-state index contributed by atoms with van der Waals surface area (Å²) in [5.74, 6) is 0.912. The second-order valence-corrected chi connectivity index (χ2v) is 4.73. The zero-order valence-corrected chi connectivity index (χ0v) is 13.3. The van der Waals surface area contributed by atoms with E-state index >= 15 is 0 Å². The highest BCUT2D eigenvalue weighted by Crippen LogP contribution is 2.38. The van der Waals surface area contributed by atoms with Gasteiger partial charge < -0.3 is 24.6 Å². The largest absolute Gasteiger partial charge is 0.493 e. The third kappa shape index (κ3) is 3.73. The molecule has 2 aromatic carbocycles. The number of carbonyl (C=O) groups excluding carboxylic acids is 1. The summed E-state index contributed by atoms with van der Waals surface area (Å²) in [6.07, 6.45) is 0. The Balaban J connectivity index is 2.31. The lowest BCUT2D eigenvalue weighted by atomic mass is 10.1. The molecule has 0 aromatic heterocycles. The van der Waals surface area contributed by atoms with Gasteiger partial charge in [-0.2, -0.15) is 0 Å². The number of hydrogen-bond donors (Lipinski definition) is 2. The Morgan fingerprint density at radius 2 is 1.70 bits per heavy atom. The van der Waals surface area contributed by atoms with Crippen molar-refractivity contribution in [1.82, 2.24) is 0 Å². The van der Waals surface area contributed by atoms with E-state index in [9.17, 15) is 4.79 Å². The van der Waals surface area contributed by atoms with Gasteiger partial charge in [-0.05, 0) is 29.8 Å². The van der Waals surface area contributed by atoms with Crippen molar-refractivity contribution in [3.8, 4) is 17.2 Å². The maximum Gasteiger partial charge on any atom is 0.255 e. The second-order valence-electron chi connectivity index (χ2n) is 4.73. The maximum atomic E-state index is 12.4. The fourth-order valence-corrected chi connectivity index (χ4v) is 2.16. The normalized spacial score (nSPS) is 10.1. The zero-order valence-electron chi connectivity index (χ0n) is 13.3. The van der Waals surface area contributed by atoms with Crippen LogP contribution in [0.2, 0.25) is 0 Å². The average molecular weight is 317 g/mol. The number of anilines is 1. The van der Waals surface area contributed by atoms with E-state index < -0.39 is 0 Å². The first-order valence-corrected chi connectivity index (χ1v) is 6.94. The van der Waals surface area contributed by atoms with Crippen molar-refractivity contribution in [1.29, 1.82) is 0 Å². The van der Waals surface area contributed by atoms with E-state index in [4.69, 9.17) is 19.3 Å². The Morgan fingerprint density at radius 1 is 1.04 bits per heavy atom. The standard InChI is InChI=1S/C17H19NO5/c1-21-14-8-12(9-15(22-2)16(14)23-3)17(20)18-13-6-4-5-11(7-13)10-19/h4-9,19H,10H2,1-3H3,(H,18,20). The summed E-state index contributed by atoms with van der Waals surface area (Å²) >= 11 is 0. The molecule has 2 aromatic rings. The van der Waals surface area contributed by atoms with Gasteiger partial charge in [0, 0.05) is 11.3 Å². The zero-order chi connectivity index (χ0) is 16.8. The Bertz CT molecular complexity index is 674. The summed E-state index contributed by atoms with van der Waals surface area (Å²) in [5.41, 5.74) is 1.68. The smallest absolute Gasteiger partial charge is 0.255 e. The van der Waals surface area contributed by atoms with Gasteiger partial charge in [-0.3, -0.25) is 4.79 Å². The van der Waals surface area contributed by atoms with Crippen LogP contribution in [0, 0.1) is 0 Å². The van der Waals surface area contributed by atoms with Gasteiger partial charge in [0.2, 0.25) is 5.75 Å². The molecule has 122 valence electrons. The molecule has 0 aliphatic heterocycles. The average Bonchev–Trinajstić information content (AvgIpc) is 2.60. The van der Waals surface area contributed by atoms with Gasteiger partial charge in [-0.1, -0.05) is 12.1 Å². The van der Waals surface area contributed by atoms with Crippen molar-refractivity contribution in [3.63, 3.8) is 0 Å². The number of nitrogens with one attached hydrogen (secondary N) is 1. The van der Waals surface area contributed by atoms with Crippen LogP contribution in [0.1, 0.15) is 15.9 Å². The number of methoxy groups -OCH3 is 3. The third-order valence-electron chi connectivity index (χ3n) is 3.29. The highest BCUT2D eigenvalue weighted by Gasteiger charge is 2.17. The van der Waals surface area contributed by atoms with Gasteiger partial charge in [-0.25, -0.2) is 0 Å². The SMILES string of the molecule is COc1cc(C(=O)Nc2cccc(CO)c2)cc(OC)c1OC. The van der Waals surface area contributed by atoms with Gasteiger partial charge in [0.25, 0.3) is 5.91 Å². The quantitative estimate of drug-likeness (QED) is 0.856. The molecule has 1 amide bonds. The highest BCUT2D eigenvalue weighted by molar-refractivity contribution is 6.05. The van der Waals surface area contributed by atoms with Crippen molar-refractivity contribution < 1.29 is 24.1 Å². The predicted molar refractivity (Wildman–Crippen MR) is 86.4 cm³/mol. The molecule has 23 heavy (non-hydrogen) atoms. The molecule has 0 radical (unpaired) electrons. The van der Waals surface area contributed by atoms with E-state index in [1.165, 1.54) is 21.3 Å². The van der Waals surface area contributed by atoms with Gasteiger partial charge in [-0.15, -0.1) is 0 Å². The third-order valence-corrected chi connectivity index (χ3v) is 3.29. The number of amides is 1. The topological polar surface area (TPSA) is 77.0 Å². The summed E-state index contributed by atoms with van der Waals surface area (Å²) in [5, 5.41) is 11.9. The van der Waals surface area contributed by atoms with Gasteiger partial charge >= 0.3 is 0 Å². The van der Waals surface area contributed by atoms with Crippen molar-refractivity contribution in [2.24, 2.45) is 0 Å². The molecule has 0 aliphatic carbocycles. The van der Waals surface area contributed by atoms with Crippen LogP contribution in [-0.4, -0.2) is 32.3 Å². The van der Waals surface area contributed by atoms with Crippen LogP contribution in [0.15, 0.2) is 36.4 Å². The molecule has 0 heterocycles. The number of carbonyl (C=O) groups is 1. The van der Waals surface area contributed by atoms with Crippen LogP contribution in [-0.2, 0) is 6.61 Å². The molecule has 6 heteroatoms. The van der Waals surface area contributed by atoms with Gasteiger partial charge in [0.05, 0.1) is 27.9 Å². The molecule has 0 aliphatic rings. The number of aliphatic hydroxyl groups is 1. The van der Waals surface area contributed by atoms with Crippen LogP contribution in [0.4, 0.5) is 5.69 Å². The van der Waals surface area contributed by atoms with E-state index in [1.807, 2.05) is 0 Å². The summed E-state index contributed by atoms with van der Waals surface area (Å²) < 4.78 is 15.7. The molecule has 0 atom stereocenters. The van der Waals surface area contributed by atoms with Gasteiger partial charge in [0.1, 0.15) is 0 Å². The van der Waals surface area contributed by atoms with Crippen molar-refractivity contribution >= 4 is 11.6 Å². The number of aliphatic hydroxyl groups excluding tert-OH is 1. The first-order valence-electron chi connectivity index (χ1n) is 6.94. The lowest BCUT2D eigenvalue weighted by molar-refractivity contribution is 0.102. The number of ether oxygens (including phenoxy) is 3. The summed E-state index contributed by atoms with van der Waals surface area (Å²) in [7, 11) is 4.48. The molecule has 0 saturated heterocycles. The Hall–Kier alpha value is -2.73.